The van der Waals surface area contributed by atoms with Crippen molar-refractivity contribution in [3.8, 4) is 0 Å². The van der Waals surface area contributed by atoms with Crippen LogP contribution in [0.15, 0.2) is 24.4 Å². The molecule has 100 valence electrons. The Hall–Kier alpha value is -1.84. The molecular formula is C15H18N2O2. The molecule has 3 rings (SSSR count). The maximum absolute atomic E-state index is 11.1. The van der Waals surface area contributed by atoms with Gasteiger partial charge in [-0.25, -0.2) is 0 Å². The molecule has 4 nitrogen and oxygen atoms in total. The summed E-state index contributed by atoms with van der Waals surface area (Å²) in [5.74, 6) is 0. The Morgan fingerprint density at radius 3 is 2.68 bits per heavy atom. The van der Waals surface area contributed by atoms with Crippen LogP contribution in [0.25, 0.3) is 10.9 Å². The largest absolute Gasteiger partial charge is 0.355 e. The van der Waals surface area contributed by atoms with Gasteiger partial charge in [0.05, 0.1) is 4.92 Å². The molecule has 0 saturated heterocycles. The van der Waals surface area contributed by atoms with Crippen LogP contribution in [0.5, 0.6) is 0 Å². The van der Waals surface area contributed by atoms with Crippen LogP contribution < -0.4 is 0 Å². The molecule has 1 N–H and O–H groups in total. The molecule has 2 aromatic rings. The third-order valence-corrected chi connectivity index (χ3v) is 4.50. The first-order valence-corrected chi connectivity index (χ1v) is 6.87. The van der Waals surface area contributed by atoms with Gasteiger partial charge in [-0.1, -0.05) is 38.3 Å². The number of hydrogen-bond acceptors (Lipinski definition) is 2. The molecule has 0 amide bonds. The third kappa shape index (κ3) is 1.91. The van der Waals surface area contributed by atoms with Crippen LogP contribution in [-0.4, -0.2) is 9.91 Å². The number of aromatic amines is 1. The van der Waals surface area contributed by atoms with Crippen LogP contribution in [0.3, 0.4) is 0 Å². The van der Waals surface area contributed by atoms with E-state index < -0.39 is 0 Å². The monoisotopic (exact) mass is 258 g/mol. The highest BCUT2D eigenvalue weighted by atomic mass is 16.6. The fourth-order valence-corrected chi connectivity index (χ4v) is 3.39. The Balaban J connectivity index is 2.15. The van der Waals surface area contributed by atoms with Crippen molar-refractivity contribution in [2.45, 2.75) is 44.4 Å². The Kier molecular flexibility index (Phi) is 2.81. The normalized spacial score (nSPS) is 18.6. The number of rotatable bonds is 2. The molecule has 0 bridgehead atoms. The van der Waals surface area contributed by atoms with Crippen LogP contribution in [0, 0.1) is 10.1 Å². The van der Waals surface area contributed by atoms with E-state index in [1.165, 1.54) is 37.7 Å². The minimum absolute atomic E-state index is 0.158. The van der Waals surface area contributed by atoms with Gasteiger partial charge in [-0.3, -0.25) is 10.1 Å². The van der Waals surface area contributed by atoms with Crippen LogP contribution in [0.4, 0.5) is 5.69 Å². The Morgan fingerprint density at radius 2 is 2.00 bits per heavy atom. The predicted octanol–water partition coefficient (Wildman–Crippen LogP) is 4.30. The Bertz CT molecular complexity index is 624. The van der Waals surface area contributed by atoms with Gasteiger partial charge < -0.3 is 4.98 Å². The molecule has 1 saturated carbocycles. The van der Waals surface area contributed by atoms with Gasteiger partial charge in [0.15, 0.2) is 0 Å². The van der Waals surface area contributed by atoms with Crippen molar-refractivity contribution in [2.24, 2.45) is 0 Å². The van der Waals surface area contributed by atoms with Crippen molar-refractivity contribution >= 4 is 16.6 Å². The smallest absolute Gasteiger partial charge is 0.293 e. The summed E-state index contributed by atoms with van der Waals surface area (Å²) in [6.07, 6.45) is 8.11. The summed E-state index contributed by atoms with van der Waals surface area (Å²) >= 11 is 0. The average Bonchev–Trinajstić information content (AvgIpc) is 2.83. The van der Waals surface area contributed by atoms with Gasteiger partial charge in [0, 0.05) is 17.6 Å². The number of nitro groups is 1. The van der Waals surface area contributed by atoms with Crippen LogP contribution in [0.1, 0.15) is 44.6 Å². The van der Waals surface area contributed by atoms with Gasteiger partial charge in [0.25, 0.3) is 5.69 Å². The van der Waals surface area contributed by atoms with Crippen LogP contribution in [0.2, 0.25) is 0 Å². The molecule has 0 radical (unpaired) electrons. The van der Waals surface area contributed by atoms with Crippen molar-refractivity contribution in [3.05, 3.63) is 40.1 Å². The van der Waals surface area contributed by atoms with Gasteiger partial charge in [-0.2, -0.15) is 0 Å². The first-order valence-electron chi connectivity index (χ1n) is 6.87. The first kappa shape index (κ1) is 12.2. The fraction of sp³-hybridized carbons (Fsp3) is 0.467. The third-order valence-electron chi connectivity index (χ3n) is 4.50. The molecule has 4 heteroatoms. The lowest BCUT2D eigenvalue weighted by molar-refractivity contribution is -0.383. The van der Waals surface area contributed by atoms with E-state index in [0.29, 0.717) is 5.52 Å². The molecule has 0 aliphatic heterocycles. The molecule has 0 unspecified atom stereocenters. The fourth-order valence-electron chi connectivity index (χ4n) is 3.39. The van der Waals surface area contributed by atoms with Crippen LogP contribution in [-0.2, 0) is 5.41 Å². The standard InChI is InChI=1S/C15H18N2O2/c1-15(8-3-2-4-9-15)12-10-16-14-11(12)6-5-7-13(14)17(18)19/h5-7,10,16H,2-4,8-9H2,1H3. The zero-order chi connectivity index (χ0) is 13.5. The lowest BCUT2D eigenvalue weighted by atomic mass is 9.71. The van der Waals surface area contributed by atoms with E-state index in [4.69, 9.17) is 0 Å². The number of nitrogens with zero attached hydrogens (tertiary/aromatic N) is 1. The van der Waals surface area contributed by atoms with E-state index in [1.807, 2.05) is 12.3 Å². The summed E-state index contributed by atoms with van der Waals surface area (Å²) in [4.78, 5) is 13.9. The van der Waals surface area contributed by atoms with E-state index in [9.17, 15) is 10.1 Å². The zero-order valence-electron chi connectivity index (χ0n) is 11.1. The molecule has 0 atom stereocenters. The van der Waals surface area contributed by atoms with Crippen molar-refractivity contribution < 1.29 is 4.92 Å². The summed E-state index contributed by atoms with van der Waals surface area (Å²) in [5, 5.41) is 12.1. The summed E-state index contributed by atoms with van der Waals surface area (Å²) in [7, 11) is 0. The second kappa shape index (κ2) is 4.37. The lowest BCUT2D eigenvalue weighted by Crippen LogP contribution is -2.24. The van der Waals surface area contributed by atoms with E-state index in [-0.39, 0.29) is 16.0 Å². The van der Waals surface area contributed by atoms with Crippen molar-refractivity contribution in [1.29, 1.82) is 0 Å². The highest BCUT2D eigenvalue weighted by Gasteiger charge is 2.31. The minimum Gasteiger partial charge on any atom is -0.355 e. The second-order valence-corrected chi connectivity index (χ2v) is 5.78. The molecule has 1 aliphatic rings. The number of fused-ring (bicyclic) bond motifs is 1. The van der Waals surface area contributed by atoms with Gasteiger partial charge in [-0.05, 0) is 23.8 Å². The minimum atomic E-state index is -0.314. The first-order chi connectivity index (χ1) is 9.12. The van der Waals surface area contributed by atoms with E-state index in [0.717, 1.165) is 5.39 Å². The highest BCUT2D eigenvalue weighted by Crippen LogP contribution is 2.42. The molecule has 1 fully saturated rings. The molecule has 1 aromatic heterocycles. The number of aromatic nitrogens is 1. The maximum Gasteiger partial charge on any atom is 0.293 e. The number of hydrogen-bond donors (Lipinski definition) is 1. The summed E-state index contributed by atoms with van der Waals surface area (Å²) < 4.78 is 0. The Morgan fingerprint density at radius 1 is 1.26 bits per heavy atom. The number of nitrogens with one attached hydrogen (secondary N) is 1. The summed E-state index contributed by atoms with van der Waals surface area (Å²) in [6.45, 7) is 2.29. The molecule has 1 aliphatic carbocycles. The second-order valence-electron chi connectivity index (χ2n) is 5.78. The van der Waals surface area contributed by atoms with Gasteiger partial charge >= 0.3 is 0 Å². The molecule has 19 heavy (non-hydrogen) atoms. The predicted molar refractivity (Wildman–Crippen MR) is 75.4 cm³/mol. The molecular weight excluding hydrogens is 240 g/mol. The van der Waals surface area contributed by atoms with Gasteiger partial charge in [-0.15, -0.1) is 0 Å². The van der Waals surface area contributed by atoms with E-state index >= 15 is 0 Å². The van der Waals surface area contributed by atoms with Crippen LogP contribution >= 0.6 is 0 Å². The Labute approximate surface area is 112 Å². The number of para-hydroxylation sites is 1. The quantitative estimate of drug-likeness (QED) is 0.645. The number of H-pyrrole nitrogens is 1. The molecule has 0 spiro atoms. The van der Waals surface area contributed by atoms with Crippen molar-refractivity contribution in [1.82, 2.24) is 4.98 Å². The maximum atomic E-state index is 11.1. The highest BCUT2D eigenvalue weighted by molar-refractivity contribution is 5.91. The summed E-state index contributed by atoms with van der Waals surface area (Å²) in [5.41, 5.74) is 2.23. The lowest BCUT2D eigenvalue weighted by Gasteiger charge is -2.33. The van der Waals surface area contributed by atoms with Gasteiger partial charge in [0.2, 0.25) is 0 Å². The number of benzene rings is 1. The number of nitro benzene ring substituents is 1. The van der Waals surface area contributed by atoms with E-state index in [1.54, 1.807) is 12.1 Å². The van der Waals surface area contributed by atoms with E-state index in [2.05, 4.69) is 11.9 Å². The average molecular weight is 258 g/mol. The number of non-ortho nitro benzene ring substituents is 1. The molecule has 1 aromatic carbocycles. The van der Waals surface area contributed by atoms with Crippen molar-refractivity contribution in [2.75, 3.05) is 0 Å². The van der Waals surface area contributed by atoms with Crippen molar-refractivity contribution in [3.63, 3.8) is 0 Å². The SMILES string of the molecule is CC1(c2c[nH]c3c([N+](=O)[O-])cccc23)CCCCC1. The van der Waals surface area contributed by atoms with Gasteiger partial charge in [0.1, 0.15) is 5.52 Å². The summed E-state index contributed by atoms with van der Waals surface area (Å²) in [6, 6.07) is 5.34. The molecule has 1 heterocycles. The zero-order valence-corrected chi connectivity index (χ0v) is 11.1. The topological polar surface area (TPSA) is 58.9 Å².